The molecule has 1 aliphatic heterocycles. The molecule has 0 bridgehead atoms. The number of carbonyl (C=O) groups is 2. The first-order chi connectivity index (χ1) is 15.3. The standard InChI is InChI=1S/C23H17F3N2O4/c24-23(25,26)17-7-3-1-5-15(17)22(30)28-18-8-4-2-6-16(18)21(29)27-12-14-9-10-19-20(11-14)32-13-31-19/h1-11H,12-13H2,(H,27,29)(H,28,30). The maximum absolute atomic E-state index is 13.2. The minimum Gasteiger partial charge on any atom is -0.454 e. The van der Waals surface area contributed by atoms with Crippen molar-refractivity contribution in [3.63, 3.8) is 0 Å². The van der Waals surface area contributed by atoms with Gasteiger partial charge in [-0.2, -0.15) is 13.2 Å². The number of hydrogen-bond donors (Lipinski definition) is 2. The molecule has 3 aromatic rings. The van der Waals surface area contributed by atoms with E-state index in [-0.39, 0.29) is 24.6 Å². The Balaban J connectivity index is 1.49. The van der Waals surface area contributed by atoms with Gasteiger partial charge < -0.3 is 20.1 Å². The van der Waals surface area contributed by atoms with Crippen molar-refractivity contribution in [1.82, 2.24) is 5.32 Å². The van der Waals surface area contributed by atoms with Crippen LogP contribution in [0.4, 0.5) is 18.9 Å². The first kappa shape index (κ1) is 21.2. The van der Waals surface area contributed by atoms with Gasteiger partial charge in [0.2, 0.25) is 6.79 Å². The van der Waals surface area contributed by atoms with E-state index in [1.54, 1.807) is 30.3 Å². The monoisotopic (exact) mass is 442 g/mol. The van der Waals surface area contributed by atoms with Gasteiger partial charge in [0.15, 0.2) is 11.5 Å². The van der Waals surface area contributed by atoms with E-state index in [2.05, 4.69) is 10.6 Å². The van der Waals surface area contributed by atoms with Crippen molar-refractivity contribution in [2.45, 2.75) is 12.7 Å². The summed E-state index contributed by atoms with van der Waals surface area (Å²) >= 11 is 0. The van der Waals surface area contributed by atoms with Gasteiger partial charge in [-0.1, -0.05) is 30.3 Å². The van der Waals surface area contributed by atoms with E-state index in [9.17, 15) is 22.8 Å². The second-order valence-corrected chi connectivity index (χ2v) is 6.91. The molecule has 1 heterocycles. The number of rotatable bonds is 5. The zero-order chi connectivity index (χ0) is 22.7. The van der Waals surface area contributed by atoms with Crippen molar-refractivity contribution < 1.29 is 32.2 Å². The number of halogens is 3. The first-order valence-corrected chi connectivity index (χ1v) is 9.56. The molecule has 0 fully saturated rings. The molecule has 0 saturated heterocycles. The topological polar surface area (TPSA) is 76.7 Å². The highest BCUT2D eigenvalue weighted by molar-refractivity contribution is 6.09. The smallest absolute Gasteiger partial charge is 0.417 e. The lowest BCUT2D eigenvalue weighted by molar-refractivity contribution is -0.137. The van der Waals surface area contributed by atoms with Crippen LogP contribution < -0.4 is 20.1 Å². The summed E-state index contributed by atoms with van der Waals surface area (Å²) in [7, 11) is 0. The van der Waals surface area contributed by atoms with E-state index in [0.717, 1.165) is 17.7 Å². The predicted octanol–water partition coefficient (Wildman–Crippen LogP) is 4.62. The maximum atomic E-state index is 13.2. The molecule has 0 radical (unpaired) electrons. The average molecular weight is 442 g/mol. The van der Waals surface area contributed by atoms with E-state index < -0.39 is 29.1 Å². The number of para-hydroxylation sites is 1. The van der Waals surface area contributed by atoms with Crippen LogP contribution in [0.2, 0.25) is 0 Å². The van der Waals surface area contributed by atoms with E-state index >= 15 is 0 Å². The van der Waals surface area contributed by atoms with Crippen LogP contribution in [0.1, 0.15) is 31.8 Å². The van der Waals surface area contributed by atoms with Gasteiger partial charge in [0.25, 0.3) is 11.8 Å². The number of nitrogens with one attached hydrogen (secondary N) is 2. The second kappa shape index (κ2) is 8.62. The molecule has 0 unspecified atom stereocenters. The number of amides is 2. The van der Waals surface area contributed by atoms with Gasteiger partial charge in [0, 0.05) is 6.54 Å². The summed E-state index contributed by atoms with van der Waals surface area (Å²) in [5, 5.41) is 5.14. The fraction of sp³-hybridized carbons (Fsp3) is 0.130. The van der Waals surface area contributed by atoms with Crippen LogP contribution in [0.3, 0.4) is 0 Å². The molecule has 0 aliphatic carbocycles. The molecule has 32 heavy (non-hydrogen) atoms. The minimum absolute atomic E-state index is 0.0951. The quantitative estimate of drug-likeness (QED) is 0.605. The third-order valence-corrected chi connectivity index (χ3v) is 4.79. The van der Waals surface area contributed by atoms with Crippen LogP contribution >= 0.6 is 0 Å². The third kappa shape index (κ3) is 4.51. The summed E-state index contributed by atoms with van der Waals surface area (Å²) in [6.07, 6.45) is -4.69. The number of fused-ring (bicyclic) bond motifs is 1. The highest BCUT2D eigenvalue weighted by Crippen LogP contribution is 2.33. The van der Waals surface area contributed by atoms with E-state index in [1.807, 2.05) is 0 Å². The minimum atomic E-state index is -4.69. The van der Waals surface area contributed by atoms with Crippen LogP contribution in [-0.4, -0.2) is 18.6 Å². The van der Waals surface area contributed by atoms with Crippen LogP contribution in [0, 0.1) is 0 Å². The predicted molar refractivity (Wildman–Crippen MR) is 110 cm³/mol. The molecule has 4 rings (SSSR count). The normalized spacial score (nSPS) is 12.3. The van der Waals surface area contributed by atoms with Crippen LogP contribution in [0.5, 0.6) is 11.5 Å². The Labute approximate surface area is 181 Å². The summed E-state index contributed by atoms with van der Waals surface area (Å²) in [5.41, 5.74) is -0.607. The average Bonchev–Trinajstić information content (AvgIpc) is 3.25. The van der Waals surface area contributed by atoms with Crippen LogP contribution in [-0.2, 0) is 12.7 Å². The fourth-order valence-corrected chi connectivity index (χ4v) is 3.24. The largest absolute Gasteiger partial charge is 0.454 e. The molecule has 0 spiro atoms. The molecule has 1 aliphatic rings. The molecule has 2 N–H and O–H groups in total. The molecule has 9 heteroatoms. The highest BCUT2D eigenvalue weighted by Gasteiger charge is 2.35. The Morgan fingerprint density at radius 2 is 1.53 bits per heavy atom. The van der Waals surface area contributed by atoms with Crippen molar-refractivity contribution in [3.8, 4) is 11.5 Å². The maximum Gasteiger partial charge on any atom is 0.417 e. The van der Waals surface area contributed by atoms with Gasteiger partial charge in [0.05, 0.1) is 22.4 Å². The SMILES string of the molecule is O=C(NCc1ccc2c(c1)OCO2)c1ccccc1NC(=O)c1ccccc1C(F)(F)F. The lowest BCUT2D eigenvalue weighted by Gasteiger charge is -2.14. The third-order valence-electron chi connectivity index (χ3n) is 4.79. The van der Waals surface area contributed by atoms with Crippen molar-refractivity contribution in [2.24, 2.45) is 0 Å². The fourth-order valence-electron chi connectivity index (χ4n) is 3.24. The number of carbonyl (C=O) groups excluding carboxylic acids is 2. The zero-order valence-electron chi connectivity index (χ0n) is 16.5. The Morgan fingerprint density at radius 3 is 2.31 bits per heavy atom. The number of alkyl halides is 3. The molecule has 164 valence electrons. The lowest BCUT2D eigenvalue weighted by atomic mass is 10.1. The van der Waals surface area contributed by atoms with Crippen molar-refractivity contribution >= 4 is 17.5 Å². The Morgan fingerprint density at radius 1 is 0.844 bits per heavy atom. The van der Waals surface area contributed by atoms with E-state index in [0.29, 0.717) is 11.5 Å². The molecule has 6 nitrogen and oxygen atoms in total. The number of hydrogen-bond acceptors (Lipinski definition) is 4. The lowest BCUT2D eigenvalue weighted by Crippen LogP contribution is -2.25. The zero-order valence-corrected chi connectivity index (χ0v) is 16.5. The summed E-state index contributed by atoms with van der Waals surface area (Å²) < 4.78 is 50.3. The molecule has 0 saturated carbocycles. The Hall–Kier alpha value is -4.01. The summed E-state index contributed by atoms with van der Waals surface area (Å²) in [6, 6.07) is 15.8. The van der Waals surface area contributed by atoms with Crippen molar-refractivity contribution in [2.75, 3.05) is 12.1 Å². The molecule has 3 aromatic carbocycles. The van der Waals surface area contributed by atoms with Crippen LogP contribution in [0.15, 0.2) is 66.7 Å². The highest BCUT2D eigenvalue weighted by atomic mass is 19.4. The van der Waals surface area contributed by atoms with Gasteiger partial charge >= 0.3 is 6.18 Å². The van der Waals surface area contributed by atoms with Crippen molar-refractivity contribution in [1.29, 1.82) is 0 Å². The Kier molecular flexibility index (Phi) is 5.72. The van der Waals surface area contributed by atoms with Gasteiger partial charge in [-0.05, 0) is 42.0 Å². The number of ether oxygens (including phenoxy) is 2. The first-order valence-electron chi connectivity index (χ1n) is 9.56. The molecule has 0 aromatic heterocycles. The second-order valence-electron chi connectivity index (χ2n) is 6.91. The molecular weight excluding hydrogens is 425 g/mol. The van der Waals surface area contributed by atoms with Crippen molar-refractivity contribution in [3.05, 3.63) is 89.0 Å². The number of anilines is 1. The van der Waals surface area contributed by atoms with E-state index in [4.69, 9.17) is 9.47 Å². The number of benzene rings is 3. The molecule has 2 amide bonds. The summed E-state index contributed by atoms with van der Waals surface area (Å²) in [4.78, 5) is 25.3. The Bertz CT molecular complexity index is 1180. The molecular formula is C23H17F3N2O4. The van der Waals surface area contributed by atoms with Crippen LogP contribution in [0.25, 0.3) is 0 Å². The van der Waals surface area contributed by atoms with Gasteiger partial charge in [0.1, 0.15) is 0 Å². The summed E-state index contributed by atoms with van der Waals surface area (Å²) in [5.74, 6) is -0.267. The van der Waals surface area contributed by atoms with Gasteiger partial charge in [-0.3, -0.25) is 9.59 Å². The van der Waals surface area contributed by atoms with E-state index in [1.165, 1.54) is 24.3 Å². The molecule has 0 atom stereocenters. The summed E-state index contributed by atoms with van der Waals surface area (Å²) in [6.45, 7) is 0.310. The van der Waals surface area contributed by atoms with Gasteiger partial charge in [-0.25, -0.2) is 0 Å². The van der Waals surface area contributed by atoms with Gasteiger partial charge in [-0.15, -0.1) is 0 Å².